The van der Waals surface area contributed by atoms with Crippen LogP contribution in [0.1, 0.15) is 35.6 Å². The second kappa shape index (κ2) is 8.65. The molecule has 1 N–H and O–H groups in total. The van der Waals surface area contributed by atoms with E-state index in [9.17, 15) is 9.59 Å². The molecule has 0 atom stereocenters. The van der Waals surface area contributed by atoms with Crippen molar-refractivity contribution in [2.24, 2.45) is 0 Å². The third-order valence-corrected chi connectivity index (χ3v) is 4.75. The first-order chi connectivity index (χ1) is 14.2. The van der Waals surface area contributed by atoms with Crippen LogP contribution in [0.5, 0.6) is 5.75 Å². The summed E-state index contributed by atoms with van der Waals surface area (Å²) in [4.78, 5) is 26.4. The first kappa shape index (κ1) is 18.8. The molecule has 0 aliphatic carbocycles. The van der Waals surface area contributed by atoms with Crippen LogP contribution in [0.2, 0.25) is 0 Å². The normalized spacial score (nSPS) is 13.9. The van der Waals surface area contributed by atoms with E-state index in [0.29, 0.717) is 24.4 Å². The first-order valence-corrected chi connectivity index (χ1v) is 9.67. The average molecular weight is 390 g/mol. The van der Waals surface area contributed by atoms with Crippen LogP contribution in [0.3, 0.4) is 0 Å². The summed E-state index contributed by atoms with van der Waals surface area (Å²) in [5, 5.41) is 2.83. The predicted octanol–water partition coefficient (Wildman–Crippen LogP) is 4.63. The molecule has 4 rings (SSSR count). The van der Waals surface area contributed by atoms with Gasteiger partial charge in [-0.15, -0.1) is 0 Å². The number of amides is 2. The molecule has 2 heterocycles. The lowest BCUT2D eigenvalue weighted by molar-refractivity contribution is -0.119. The maximum Gasteiger partial charge on any atom is 0.291 e. The highest BCUT2D eigenvalue weighted by Crippen LogP contribution is 2.24. The minimum atomic E-state index is -0.349. The van der Waals surface area contributed by atoms with Crippen molar-refractivity contribution < 1.29 is 18.7 Å². The molecule has 0 unspecified atom stereocenters. The van der Waals surface area contributed by atoms with E-state index in [1.807, 2.05) is 48.5 Å². The van der Waals surface area contributed by atoms with Gasteiger partial charge in [0.1, 0.15) is 18.1 Å². The van der Waals surface area contributed by atoms with E-state index in [2.05, 4.69) is 5.32 Å². The number of para-hydroxylation sites is 1. The van der Waals surface area contributed by atoms with E-state index in [-0.39, 0.29) is 24.2 Å². The van der Waals surface area contributed by atoms with E-state index in [0.717, 1.165) is 24.3 Å². The molecule has 0 saturated carbocycles. The van der Waals surface area contributed by atoms with Crippen LogP contribution >= 0.6 is 0 Å². The highest BCUT2D eigenvalue weighted by atomic mass is 16.5. The van der Waals surface area contributed by atoms with Crippen LogP contribution < -0.4 is 15.0 Å². The molecule has 0 spiro atoms. The number of furan rings is 1. The number of benzene rings is 2. The number of rotatable bonds is 6. The van der Waals surface area contributed by atoms with Gasteiger partial charge in [-0.2, -0.15) is 0 Å². The molecule has 3 aromatic rings. The molecule has 0 radical (unpaired) electrons. The van der Waals surface area contributed by atoms with Crippen LogP contribution in [-0.4, -0.2) is 18.4 Å². The monoisotopic (exact) mass is 390 g/mol. The Morgan fingerprint density at radius 1 is 1.03 bits per heavy atom. The zero-order valence-electron chi connectivity index (χ0n) is 16.0. The summed E-state index contributed by atoms with van der Waals surface area (Å²) < 4.78 is 11.2. The Morgan fingerprint density at radius 3 is 2.72 bits per heavy atom. The van der Waals surface area contributed by atoms with Gasteiger partial charge in [0, 0.05) is 24.3 Å². The Morgan fingerprint density at radius 2 is 1.90 bits per heavy atom. The van der Waals surface area contributed by atoms with E-state index in [1.165, 1.54) is 0 Å². The Bertz CT molecular complexity index is 997. The lowest BCUT2D eigenvalue weighted by Crippen LogP contribution is -2.35. The number of hydrogen-bond acceptors (Lipinski definition) is 4. The molecule has 2 aromatic carbocycles. The Kier molecular flexibility index (Phi) is 5.61. The standard InChI is InChI=1S/C23H22N2O4/c26-22-11-4-5-14-25(22)18-8-6-7-17(15-18)24-23(27)21-13-12-20(29-21)16-28-19-9-2-1-3-10-19/h1-3,6-10,12-13,15H,4-5,11,14,16H2,(H,24,27). The summed E-state index contributed by atoms with van der Waals surface area (Å²) in [6.07, 6.45) is 2.49. The molecule has 1 saturated heterocycles. The van der Waals surface area contributed by atoms with Gasteiger partial charge in [0.2, 0.25) is 5.91 Å². The number of piperidine rings is 1. The molecule has 1 fully saturated rings. The van der Waals surface area contributed by atoms with E-state index in [4.69, 9.17) is 9.15 Å². The van der Waals surface area contributed by atoms with Crippen molar-refractivity contribution >= 4 is 23.2 Å². The van der Waals surface area contributed by atoms with Gasteiger partial charge < -0.3 is 19.4 Å². The zero-order chi connectivity index (χ0) is 20.1. The molecule has 6 nitrogen and oxygen atoms in total. The zero-order valence-corrected chi connectivity index (χ0v) is 16.0. The van der Waals surface area contributed by atoms with Crippen molar-refractivity contribution in [2.45, 2.75) is 25.9 Å². The van der Waals surface area contributed by atoms with Crippen molar-refractivity contribution in [2.75, 3.05) is 16.8 Å². The highest BCUT2D eigenvalue weighted by Gasteiger charge is 2.20. The maximum atomic E-state index is 12.5. The molecule has 1 aromatic heterocycles. The molecular weight excluding hydrogens is 368 g/mol. The number of carbonyl (C=O) groups is 2. The smallest absolute Gasteiger partial charge is 0.291 e. The summed E-state index contributed by atoms with van der Waals surface area (Å²) in [5.74, 6) is 1.27. The fourth-order valence-corrected chi connectivity index (χ4v) is 3.27. The number of nitrogens with zero attached hydrogens (tertiary/aromatic N) is 1. The number of ether oxygens (including phenoxy) is 1. The number of nitrogens with one attached hydrogen (secondary N) is 1. The summed E-state index contributed by atoms with van der Waals surface area (Å²) in [7, 11) is 0. The van der Waals surface area contributed by atoms with Gasteiger partial charge in [-0.25, -0.2) is 0 Å². The van der Waals surface area contributed by atoms with E-state index < -0.39 is 0 Å². The van der Waals surface area contributed by atoms with Gasteiger partial charge in [-0.3, -0.25) is 9.59 Å². The van der Waals surface area contributed by atoms with Crippen LogP contribution in [0.4, 0.5) is 11.4 Å². The Labute approximate surface area is 169 Å². The maximum absolute atomic E-state index is 12.5. The average Bonchev–Trinajstić information content (AvgIpc) is 3.23. The quantitative estimate of drug-likeness (QED) is 0.666. The second-order valence-electron chi connectivity index (χ2n) is 6.87. The van der Waals surface area contributed by atoms with Gasteiger partial charge >= 0.3 is 0 Å². The van der Waals surface area contributed by atoms with Crippen LogP contribution in [0.25, 0.3) is 0 Å². The molecule has 1 aliphatic rings. The molecule has 6 heteroatoms. The van der Waals surface area contributed by atoms with Crippen molar-refractivity contribution in [1.29, 1.82) is 0 Å². The lowest BCUT2D eigenvalue weighted by atomic mass is 10.1. The predicted molar refractivity (Wildman–Crippen MR) is 110 cm³/mol. The van der Waals surface area contributed by atoms with Crippen LogP contribution in [-0.2, 0) is 11.4 Å². The molecule has 0 bridgehead atoms. The van der Waals surface area contributed by atoms with Crippen molar-refractivity contribution in [3.05, 3.63) is 78.3 Å². The van der Waals surface area contributed by atoms with Gasteiger partial charge in [0.25, 0.3) is 5.91 Å². The van der Waals surface area contributed by atoms with Crippen molar-refractivity contribution in [1.82, 2.24) is 0 Å². The lowest BCUT2D eigenvalue weighted by Gasteiger charge is -2.27. The summed E-state index contributed by atoms with van der Waals surface area (Å²) in [6.45, 7) is 0.947. The molecule has 148 valence electrons. The van der Waals surface area contributed by atoms with Crippen molar-refractivity contribution in [3.8, 4) is 5.75 Å². The minimum absolute atomic E-state index is 0.119. The van der Waals surface area contributed by atoms with Gasteiger partial charge in [0.05, 0.1) is 0 Å². The number of hydrogen-bond donors (Lipinski definition) is 1. The Balaban J connectivity index is 1.39. The van der Waals surface area contributed by atoms with Crippen molar-refractivity contribution in [3.63, 3.8) is 0 Å². The molecule has 1 aliphatic heterocycles. The Hall–Kier alpha value is -3.54. The summed E-state index contributed by atoms with van der Waals surface area (Å²) in [6, 6.07) is 20.1. The molecule has 29 heavy (non-hydrogen) atoms. The van der Waals surface area contributed by atoms with Crippen LogP contribution in [0.15, 0.2) is 71.1 Å². The fourth-order valence-electron chi connectivity index (χ4n) is 3.27. The SMILES string of the molecule is O=C(Nc1cccc(N2CCCCC2=O)c1)c1ccc(COc2ccccc2)o1. The van der Waals surface area contributed by atoms with E-state index >= 15 is 0 Å². The number of carbonyl (C=O) groups excluding carboxylic acids is 2. The fraction of sp³-hybridized carbons (Fsp3) is 0.217. The third-order valence-electron chi connectivity index (χ3n) is 4.75. The largest absolute Gasteiger partial charge is 0.486 e. The summed E-state index contributed by atoms with van der Waals surface area (Å²) >= 11 is 0. The van der Waals surface area contributed by atoms with Crippen LogP contribution in [0, 0.1) is 0 Å². The van der Waals surface area contributed by atoms with Gasteiger partial charge in [0.15, 0.2) is 5.76 Å². The third kappa shape index (κ3) is 4.66. The van der Waals surface area contributed by atoms with Gasteiger partial charge in [-0.05, 0) is 55.3 Å². The minimum Gasteiger partial charge on any atom is -0.486 e. The molecule has 2 amide bonds. The first-order valence-electron chi connectivity index (χ1n) is 9.67. The van der Waals surface area contributed by atoms with Gasteiger partial charge in [-0.1, -0.05) is 24.3 Å². The number of anilines is 2. The second-order valence-corrected chi connectivity index (χ2v) is 6.87. The van der Waals surface area contributed by atoms with E-state index in [1.54, 1.807) is 23.1 Å². The summed E-state index contributed by atoms with van der Waals surface area (Å²) in [5.41, 5.74) is 1.41. The topological polar surface area (TPSA) is 71.8 Å². The molecular formula is C23H22N2O4. The highest BCUT2D eigenvalue weighted by molar-refractivity contribution is 6.03.